The third kappa shape index (κ3) is 3.67. The predicted molar refractivity (Wildman–Crippen MR) is 82.3 cm³/mol. The van der Waals surface area contributed by atoms with Crippen molar-refractivity contribution >= 4 is 11.6 Å². The summed E-state index contributed by atoms with van der Waals surface area (Å²) in [5, 5.41) is 2.70. The summed E-state index contributed by atoms with van der Waals surface area (Å²) < 4.78 is 13.5. The number of halogens is 1. The molecule has 0 heterocycles. The van der Waals surface area contributed by atoms with Crippen molar-refractivity contribution in [2.24, 2.45) is 11.7 Å². The molecule has 0 saturated carbocycles. The average Bonchev–Trinajstić information content (AvgIpc) is 2.50. The number of rotatable bonds is 4. The van der Waals surface area contributed by atoms with Gasteiger partial charge in [-0.15, -0.1) is 0 Å². The highest BCUT2D eigenvalue weighted by Crippen LogP contribution is 2.21. The zero-order valence-electron chi connectivity index (χ0n) is 12.1. The molecular formula is C17H19FN2O. The van der Waals surface area contributed by atoms with Gasteiger partial charge >= 0.3 is 0 Å². The highest BCUT2D eigenvalue weighted by molar-refractivity contribution is 5.92. The number of hydrogen-bond acceptors (Lipinski definition) is 2. The number of nitrogens with two attached hydrogens (primary N) is 1. The molecule has 0 fully saturated rings. The van der Waals surface area contributed by atoms with Crippen LogP contribution in [-0.2, 0) is 4.79 Å². The van der Waals surface area contributed by atoms with Gasteiger partial charge in [0.2, 0.25) is 5.91 Å². The number of carbonyl (C=O) groups excluding carboxylic acids is 1. The smallest absolute Gasteiger partial charge is 0.229 e. The first-order valence-electron chi connectivity index (χ1n) is 6.86. The summed E-state index contributed by atoms with van der Waals surface area (Å²) in [5.74, 6) is -0.987. The van der Waals surface area contributed by atoms with Crippen molar-refractivity contribution in [2.45, 2.75) is 19.9 Å². The minimum atomic E-state index is -0.420. The molecule has 0 bridgehead atoms. The van der Waals surface area contributed by atoms with Crippen LogP contribution < -0.4 is 11.1 Å². The van der Waals surface area contributed by atoms with E-state index in [1.54, 1.807) is 26.0 Å². The van der Waals surface area contributed by atoms with E-state index in [-0.39, 0.29) is 11.7 Å². The lowest BCUT2D eigenvalue weighted by molar-refractivity contribution is -0.120. The fourth-order valence-corrected chi connectivity index (χ4v) is 2.05. The van der Waals surface area contributed by atoms with E-state index in [0.717, 1.165) is 5.56 Å². The molecule has 0 aromatic heterocycles. The van der Waals surface area contributed by atoms with Crippen LogP contribution in [0.15, 0.2) is 48.5 Å². The van der Waals surface area contributed by atoms with E-state index in [2.05, 4.69) is 5.32 Å². The van der Waals surface area contributed by atoms with E-state index in [1.165, 1.54) is 6.07 Å². The normalized spacial score (nSPS) is 13.5. The van der Waals surface area contributed by atoms with Gasteiger partial charge in [0, 0.05) is 11.7 Å². The number of hydrogen-bond donors (Lipinski definition) is 2. The van der Waals surface area contributed by atoms with E-state index in [0.29, 0.717) is 11.3 Å². The van der Waals surface area contributed by atoms with E-state index < -0.39 is 12.0 Å². The molecule has 110 valence electrons. The van der Waals surface area contributed by atoms with Gasteiger partial charge < -0.3 is 11.1 Å². The maximum atomic E-state index is 13.5. The van der Waals surface area contributed by atoms with Crippen molar-refractivity contribution in [1.29, 1.82) is 0 Å². The SMILES string of the molecule is Cc1ccc(NC(=O)C(C)C(N)c2ccccc2)cc1F. The Morgan fingerprint density at radius 2 is 1.86 bits per heavy atom. The van der Waals surface area contributed by atoms with Gasteiger partial charge in [0.05, 0.1) is 5.92 Å². The third-order valence-corrected chi connectivity index (χ3v) is 3.58. The molecule has 0 aliphatic carbocycles. The van der Waals surface area contributed by atoms with Gasteiger partial charge in [0.15, 0.2) is 0 Å². The van der Waals surface area contributed by atoms with Crippen LogP contribution in [0.3, 0.4) is 0 Å². The maximum Gasteiger partial charge on any atom is 0.229 e. The molecule has 2 unspecified atom stereocenters. The number of aryl methyl sites for hydroxylation is 1. The zero-order chi connectivity index (χ0) is 15.4. The quantitative estimate of drug-likeness (QED) is 0.905. The Balaban J connectivity index is 2.07. The predicted octanol–water partition coefficient (Wildman–Crippen LogP) is 3.41. The van der Waals surface area contributed by atoms with Gasteiger partial charge in [-0.3, -0.25) is 4.79 Å². The Kier molecular flexibility index (Phi) is 4.70. The van der Waals surface area contributed by atoms with E-state index >= 15 is 0 Å². The molecular weight excluding hydrogens is 267 g/mol. The van der Waals surface area contributed by atoms with E-state index in [4.69, 9.17) is 5.73 Å². The number of benzene rings is 2. The number of nitrogens with one attached hydrogen (secondary N) is 1. The molecule has 0 saturated heterocycles. The molecule has 1 amide bonds. The number of anilines is 1. The van der Waals surface area contributed by atoms with Gasteiger partial charge in [0.25, 0.3) is 0 Å². The number of amides is 1. The summed E-state index contributed by atoms with van der Waals surface area (Å²) in [6, 6.07) is 13.7. The fourth-order valence-electron chi connectivity index (χ4n) is 2.05. The highest BCUT2D eigenvalue weighted by Gasteiger charge is 2.22. The second-order valence-corrected chi connectivity index (χ2v) is 5.18. The monoisotopic (exact) mass is 286 g/mol. The van der Waals surface area contributed by atoms with E-state index in [1.807, 2.05) is 30.3 Å². The highest BCUT2D eigenvalue weighted by atomic mass is 19.1. The molecule has 21 heavy (non-hydrogen) atoms. The molecule has 3 N–H and O–H groups in total. The lowest BCUT2D eigenvalue weighted by atomic mass is 9.94. The minimum Gasteiger partial charge on any atom is -0.326 e. The zero-order valence-corrected chi connectivity index (χ0v) is 12.1. The van der Waals surface area contributed by atoms with Crippen LogP contribution in [0.1, 0.15) is 24.1 Å². The Labute approximate surface area is 124 Å². The summed E-state index contributed by atoms with van der Waals surface area (Å²) in [6.07, 6.45) is 0. The van der Waals surface area contributed by atoms with Crippen molar-refractivity contribution in [3.05, 3.63) is 65.5 Å². The Hall–Kier alpha value is -2.20. The molecule has 4 heteroatoms. The standard InChI is InChI=1S/C17H19FN2O/c1-11-8-9-14(10-15(11)18)20-17(21)12(2)16(19)13-6-4-3-5-7-13/h3-10,12,16H,19H2,1-2H3,(H,20,21). The van der Waals surface area contributed by atoms with Gasteiger partial charge in [0.1, 0.15) is 5.82 Å². The molecule has 0 aliphatic rings. The molecule has 2 atom stereocenters. The molecule has 0 radical (unpaired) electrons. The molecule has 0 spiro atoms. The van der Waals surface area contributed by atoms with Crippen molar-refractivity contribution in [3.8, 4) is 0 Å². The van der Waals surface area contributed by atoms with Gasteiger partial charge in [-0.25, -0.2) is 4.39 Å². The van der Waals surface area contributed by atoms with Crippen LogP contribution >= 0.6 is 0 Å². The lowest BCUT2D eigenvalue weighted by Gasteiger charge is -2.20. The Bertz CT molecular complexity index is 628. The van der Waals surface area contributed by atoms with Crippen molar-refractivity contribution < 1.29 is 9.18 Å². The summed E-state index contributed by atoms with van der Waals surface area (Å²) in [4.78, 5) is 12.2. The van der Waals surface area contributed by atoms with Crippen LogP contribution in [0.2, 0.25) is 0 Å². The molecule has 0 aliphatic heterocycles. The van der Waals surface area contributed by atoms with Crippen LogP contribution in [-0.4, -0.2) is 5.91 Å². The lowest BCUT2D eigenvalue weighted by Crippen LogP contribution is -2.30. The second kappa shape index (κ2) is 6.50. The van der Waals surface area contributed by atoms with Crippen LogP contribution in [0.25, 0.3) is 0 Å². The third-order valence-electron chi connectivity index (χ3n) is 3.58. The van der Waals surface area contributed by atoms with Crippen LogP contribution in [0.5, 0.6) is 0 Å². The van der Waals surface area contributed by atoms with E-state index in [9.17, 15) is 9.18 Å². The summed E-state index contributed by atoms with van der Waals surface area (Å²) in [7, 11) is 0. The average molecular weight is 286 g/mol. The van der Waals surface area contributed by atoms with Gasteiger partial charge in [-0.1, -0.05) is 43.3 Å². The summed E-state index contributed by atoms with van der Waals surface area (Å²) >= 11 is 0. The number of carbonyl (C=O) groups is 1. The molecule has 3 nitrogen and oxygen atoms in total. The Morgan fingerprint density at radius 3 is 2.48 bits per heavy atom. The summed E-state index contributed by atoms with van der Waals surface area (Å²) in [5.41, 5.74) is 7.99. The molecule has 2 aromatic carbocycles. The second-order valence-electron chi connectivity index (χ2n) is 5.18. The topological polar surface area (TPSA) is 55.1 Å². The fraction of sp³-hybridized carbons (Fsp3) is 0.235. The van der Waals surface area contributed by atoms with Crippen LogP contribution in [0.4, 0.5) is 10.1 Å². The molecule has 2 rings (SSSR count). The first-order valence-corrected chi connectivity index (χ1v) is 6.86. The largest absolute Gasteiger partial charge is 0.326 e. The molecule has 2 aromatic rings. The van der Waals surface area contributed by atoms with Crippen molar-refractivity contribution in [1.82, 2.24) is 0 Å². The summed E-state index contributed by atoms with van der Waals surface area (Å²) in [6.45, 7) is 3.44. The van der Waals surface area contributed by atoms with Crippen molar-refractivity contribution in [2.75, 3.05) is 5.32 Å². The first-order chi connectivity index (χ1) is 9.99. The van der Waals surface area contributed by atoms with Crippen LogP contribution in [0, 0.1) is 18.7 Å². The van der Waals surface area contributed by atoms with Gasteiger partial charge in [-0.2, -0.15) is 0 Å². The maximum absolute atomic E-state index is 13.5. The van der Waals surface area contributed by atoms with Gasteiger partial charge in [-0.05, 0) is 30.2 Å². The first kappa shape index (κ1) is 15.2. The Morgan fingerprint density at radius 1 is 1.19 bits per heavy atom. The minimum absolute atomic E-state index is 0.227. The van der Waals surface area contributed by atoms with Crippen molar-refractivity contribution in [3.63, 3.8) is 0 Å².